The number of pyridine rings is 1. The van der Waals surface area contributed by atoms with Gasteiger partial charge in [-0.3, -0.25) is 9.88 Å². The molecule has 5 nitrogen and oxygen atoms in total. The monoisotopic (exact) mass is 358 g/mol. The van der Waals surface area contributed by atoms with Crippen molar-refractivity contribution >= 4 is 17.4 Å². The number of aryl methyl sites for hydroxylation is 1. The second-order valence-electron chi connectivity index (χ2n) is 6.45. The molecule has 3 rings (SSSR count). The largest absolute Gasteiger partial charge is 0.338 e. The number of carbonyl (C=O) groups is 1. The molecule has 1 fully saturated rings. The van der Waals surface area contributed by atoms with Gasteiger partial charge in [0.05, 0.1) is 5.69 Å². The first-order valence-corrected chi connectivity index (χ1v) is 9.79. The minimum absolute atomic E-state index is 0.0621. The number of nitrogens with zero attached hydrogens (tertiary/aromatic N) is 3. The third-order valence-electron chi connectivity index (χ3n) is 4.44. The Kier molecular flexibility index (Phi) is 6.42. The van der Waals surface area contributed by atoms with Gasteiger partial charge >= 0.3 is 6.03 Å². The SMILES string of the molecule is Cc1cccc(CN2CCCN(C(=O)NCCc3cccs3)CC2)n1. The predicted octanol–water partition coefficient (Wildman–Crippen LogP) is 2.91. The molecule has 134 valence electrons. The molecule has 1 aliphatic heterocycles. The van der Waals surface area contributed by atoms with Crippen LogP contribution in [-0.4, -0.2) is 53.5 Å². The third-order valence-corrected chi connectivity index (χ3v) is 5.37. The summed E-state index contributed by atoms with van der Waals surface area (Å²) in [4.78, 5) is 22.6. The smallest absolute Gasteiger partial charge is 0.317 e. The molecule has 2 amide bonds. The summed E-state index contributed by atoms with van der Waals surface area (Å²) in [6.07, 6.45) is 1.91. The minimum Gasteiger partial charge on any atom is -0.338 e. The van der Waals surface area contributed by atoms with Crippen LogP contribution in [0.2, 0.25) is 0 Å². The van der Waals surface area contributed by atoms with Gasteiger partial charge in [0.15, 0.2) is 0 Å². The number of nitrogens with one attached hydrogen (secondary N) is 1. The standard InChI is InChI=1S/C19H26N4OS/c1-16-5-2-6-17(21-16)15-22-10-4-11-23(13-12-22)19(24)20-9-8-18-7-3-14-25-18/h2-3,5-7,14H,4,8-13,15H2,1H3,(H,20,24). The number of hydrogen-bond acceptors (Lipinski definition) is 4. The van der Waals surface area contributed by atoms with Crippen LogP contribution in [0.3, 0.4) is 0 Å². The zero-order valence-electron chi connectivity index (χ0n) is 14.8. The van der Waals surface area contributed by atoms with E-state index in [-0.39, 0.29) is 6.03 Å². The van der Waals surface area contributed by atoms with Gasteiger partial charge in [0.1, 0.15) is 0 Å². The van der Waals surface area contributed by atoms with Crippen molar-refractivity contribution in [3.63, 3.8) is 0 Å². The molecule has 1 aliphatic rings. The van der Waals surface area contributed by atoms with Gasteiger partial charge in [-0.2, -0.15) is 0 Å². The topological polar surface area (TPSA) is 48.5 Å². The summed E-state index contributed by atoms with van der Waals surface area (Å²) in [5.74, 6) is 0. The van der Waals surface area contributed by atoms with E-state index in [1.165, 1.54) is 4.88 Å². The van der Waals surface area contributed by atoms with E-state index < -0.39 is 0 Å². The zero-order valence-corrected chi connectivity index (χ0v) is 15.6. The third kappa shape index (κ3) is 5.54. The van der Waals surface area contributed by atoms with E-state index in [9.17, 15) is 4.79 Å². The highest BCUT2D eigenvalue weighted by atomic mass is 32.1. The van der Waals surface area contributed by atoms with Gasteiger partial charge in [-0.05, 0) is 43.3 Å². The van der Waals surface area contributed by atoms with Gasteiger partial charge in [0.2, 0.25) is 0 Å². The quantitative estimate of drug-likeness (QED) is 0.894. The average molecular weight is 359 g/mol. The number of thiophene rings is 1. The number of hydrogen-bond donors (Lipinski definition) is 1. The highest BCUT2D eigenvalue weighted by molar-refractivity contribution is 7.09. The number of carbonyl (C=O) groups excluding carboxylic acids is 1. The van der Waals surface area contributed by atoms with E-state index in [0.717, 1.165) is 57.0 Å². The Morgan fingerprint density at radius 3 is 2.92 bits per heavy atom. The van der Waals surface area contributed by atoms with Crippen molar-refractivity contribution in [2.45, 2.75) is 26.3 Å². The summed E-state index contributed by atoms with van der Waals surface area (Å²) in [6, 6.07) is 10.4. The number of rotatable bonds is 5. The van der Waals surface area contributed by atoms with Crippen molar-refractivity contribution in [2.75, 3.05) is 32.7 Å². The van der Waals surface area contributed by atoms with Gasteiger partial charge in [-0.1, -0.05) is 12.1 Å². The zero-order chi connectivity index (χ0) is 17.5. The summed E-state index contributed by atoms with van der Waals surface area (Å²) < 4.78 is 0. The summed E-state index contributed by atoms with van der Waals surface area (Å²) >= 11 is 1.74. The first-order valence-electron chi connectivity index (χ1n) is 8.91. The van der Waals surface area contributed by atoms with Crippen LogP contribution in [0.4, 0.5) is 4.79 Å². The normalized spacial score (nSPS) is 15.8. The van der Waals surface area contributed by atoms with Gasteiger partial charge < -0.3 is 10.2 Å². The van der Waals surface area contributed by atoms with Gasteiger partial charge in [-0.25, -0.2) is 4.79 Å². The van der Waals surface area contributed by atoms with Crippen LogP contribution >= 0.6 is 11.3 Å². The van der Waals surface area contributed by atoms with E-state index in [0.29, 0.717) is 6.54 Å². The average Bonchev–Trinajstić information content (AvgIpc) is 3.00. The Bertz CT molecular complexity index is 674. The number of aromatic nitrogens is 1. The summed E-state index contributed by atoms with van der Waals surface area (Å²) in [5.41, 5.74) is 2.16. The highest BCUT2D eigenvalue weighted by Crippen LogP contribution is 2.10. The van der Waals surface area contributed by atoms with Crippen LogP contribution in [0.5, 0.6) is 0 Å². The predicted molar refractivity (Wildman–Crippen MR) is 102 cm³/mol. The lowest BCUT2D eigenvalue weighted by molar-refractivity contribution is 0.197. The van der Waals surface area contributed by atoms with Crippen LogP contribution in [0.1, 0.15) is 22.7 Å². The van der Waals surface area contributed by atoms with E-state index in [1.807, 2.05) is 24.0 Å². The van der Waals surface area contributed by atoms with Crippen LogP contribution in [0.15, 0.2) is 35.7 Å². The molecular formula is C19H26N4OS. The molecule has 3 heterocycles. The van der Waals surface area contributed by atoms with Crippen molar-refractivity contribution in [2.24, 2.45) is 0 Å². The second kappa shape index (κ2) is 8.97. The molecule has 0 unspecified atom stereocenters. The minimum atomic E-state index is 0.0621. The summed E-state index contributed by atoms with van der Waals surface area (Å²) in [6.45, 7) is 7.08. The van der Waals surface area contributed by atoms with E-state index in [2.05, 4.69) is 38.8 Å². The Morgan fingerprint density at radius 2 is 2.12 bits per heavy atom. The van der Waals surface area contributed by atoms with Crippen LogP contribution in [0.25, 0.3) is 0 Å². The first-order chi connectivity index (χ1) is 12.2. The fraction of sp³-hybridized carbons (Fsp3) is 0.474. The lowest BCUT2D eigenvalue weighted by Gasteiger charge is -2.22. The molecule has 0 radical (unpaired) electrons. The molecule has 0 aromatic carbocycles. The van der Waals surface area contributed by atoms with E-state index in [1.54, 1.807) is 11.3 Å². The van der Waals surface area contributed by atoms with Gasteiger partial charge in [-0.15, -0.1) is 11.3 Å². The molecular weight excluding hydrogens is 332 g/mol. The first kappa shape index (κ1) is 17.9. The lowest BCUT2D eigenvalue weighted by atomic mass is 10.3. The molecule has 0 atom stereocenters. The molecule has 0 saturated carbocycles. The highest BCUT2D eigenvalue weighted by Gasteiger charge is 2.19. The Morgan fingerprint density at radius 1 is 1.20 bits per heavy atom. The molecule has 0 bridgehead atoms. The fourth-order valence-corrected chi connectivity index (χ4v) is 3.82. The lowest BCUT2D eigenvalue weighted by Crippen LogP contribution is -2.42. The maximum atomic E-state index is 12.4. The molecule has 25 heavy (non-hydrogen) atoms. The van der Waals surface area contributed by atoms with Crippen LogP contribution < -0.4 is 5.32 Å². The van der Waals surface area contributed by atoms with E-state index in [4.69, 9.17) is 0 Å². The second-order valence-corrected chi connectivity index (χ2v) is 7.48. The van der Waals surface area contributed by atoms with Crippen molar-refractivity contribution in [1.29, 1.82) is 0 Å². The van der Waals surface area contributed by atoms with Crippen molar-refractivity contribution in [3.8, 4) is 0 Å². The molecule has 6 heteroatoms. The maximum Gasteiger partial charge on any atom is 0.317 e. The van der Waals surface area contributed by atoms with Crippen LogP contribution in [-0.2, 0) is 13.0 Å². The fourth-order valence-electron chi connectivity index (χ4n) is 3.11. The summed E-state index contributed by atoms with van der Waals surface area (Å²) in [7, 11) is 0. The Hall–Kier alpha value is -1.92. The number of amides is 2. The van der Waals surface area contributed by atoms with Crippen molar-refractivity contribution in [1.82, 2.24) is 20.1 Å². The summed E-state index contributed by atoms with van der Waals surface area (Å²) in [5, 5.41) is 5.13. The van der Waals surface area contributed by atoms with Gasteiger partial charge in [0.25, 0.3) is 0 Å². The molecule has 0 aliphatic carbocycles. The molecule has 2 aromatic heterocycles. The van der Waals surface area contributed by atoms with Gasteiger partial charge in [0, 0.05) is 49.8 Å². The molecule has 1 saturated heterocycles. The Labute approximate surface area is 153 Å². The number of urea groups is 1. The Balaban J connectivity index is 1.43. The molecule has 0 spiro atoms. The van der Waals surface area contributed by atoms with E-state index >= 15 is 0 Å². The van der Waals surface area contributed by atoms with Crippen LogP contribution in [0, 0.1) is 6.92 Å². The molecule has 1 N–H and O–H groups in total. The van der Waals surface area contributed by atoms with Crippen molar-refractivity contribution < 1.29 is 4.79 Å². The maximum absolute atomic E-state index is 12.4. The molecule has 2 aromatic rings. The van der Waals surface area contributed by atoms with Crippen molar-refractivity contribution in [3.05, 3.63) is 52.0 Å².